The molecule has 128 valence electrons. The van der Waals surface area contributed by atoms with Crippen molar-refractivity contribution in [3.8, 4) is 11.5 Å². The number of carboxylic acids is 1. The van der Waals surface area contributed by atoms with Crippen molar-refractivity contribution in [1.29, 1.82) is 0 Å². The van der Waals surface area contributed by atoms with Gasteiger partial charge in [0.2, 0.25) is 0 Å². The first-order valence-electron chi connectivity index (χ1n) is 6.41. The van der Waals surface area contributed by atoms with Gasteiger partial charge >= 0.3 is 12.6 Å². The zero-order valence-corrected chi connectivity index (χ0v) is 12.8. The average Bonchev–Trinajstić information content (AvgIpc) is 2.46. The number of carboxylic acid groups (broad SMARTS) is 1. The molecule has 2 N–H and O–H groups in total. The Bertz CT molecular complexity index is 580. The Hall–Kier alpha value is -2.42. The highest BCUT2D eigenvalue weighted by Crippen LogP contribution is 2.29. The lowest BCUT2D eigenvalue weighted by molar-refractivity contribution is -0.145. The molecule has 1 atom stereocenters. The number of ether oxygens (including phenoxy) is 3. The van der Waals surface area contributed by atoms with Crippen LogP contribution in [0, 0.1) is 0 Å². The second-order valence-corrected chi connectivity index (χ2v) is 4.77. The maximum Gasteiger partial charge on any atom is 0.387 e. The van der Waals surface area contributed by atoms with E-state index in [4.69, 9.17) is 9.47 Å². The van der Waals surface area contributed by atoms with E-state index in [1.54, 1.807) is 0 Å². The van der Waals surface area contributed by atoms with E-state index in [0.29, 0.717) is 0 Å². The number of benzene rings is 1. The van der Waals surface area contributed by atoms with Crippen molar-refractivity contribution in [2.75, 3.05) is 20.8 Å². The minimum absolute atomic E-state index is 0.0136. The van der Waals surface area contributed by atoms with Crippen LogP contribution in [0.4, 0.5) is 8.78 Å². The van der Waals surface area contributed by atoms with Crippen LogP contribution in [0.5, 0.6) is 11.5 Å². The molecule has 1 aromatic rings. The van der Waals surface area contributed by atoms with Crippen LogP contribution in [0.2, 0.25) is 0 Å². The Kier molecular flexibility index (Phi) is 6.26. The zero-order chi connectivity index (χ0) is 17.6. The molecule has 0 saturated heterocycles. The van der Waals surface area contributed by atoms with Crippen molar-refractivity contribution < 1.29 is 37.7 Å². The van der Waals surface area contributed by atoms with Gasteiger partial charge in [0, 0.05) is 12.7 Å². The topological polar surface area (TPSA) is 94.1 Å². The summed E-state index contributed by atoms with van der Waals surface area (Å²) in [4.78, 5) is 23.4. The molecule has 0 radical (unpaired) electrons. The minimum Gasteiger partial charge on any atom is -0.493 e. The minimum atomic E-state index is -3.10. The van der Waals surface area contributed by atoms with Gasteiger partial charge in [-0.25, -0.2) is 4.79 Å². The number of rotatable bonds is 8. The molecule has 1 aromatic carbocycles. The first-order valence-corrected chi connectivity index (χ1v) is 6.41. The molecule has 1 rings (SSSR count). The fourth-order valence-electron chi connectivity index (χ4n) is 1.77. The summed E-state index contributed by atoms with van der Waals surface area (Å²) in [5.41, 5.74) is -1.74. The van der Waals surface area contributed by atoms with Gasteiger partial charge in [0.15, 0.2) is 17.0 Å². The summed E-state index contributed by atoms with van der Waals surface area (Å²) in [5, 5.41) is 11.5. The predicted octanol–water partition coefficient (Wildman–Crippen LogP) is 1.52. The normalized spacial score (nSPS) is 13.3. The monoisotopic (exact) mass is 333 g/mol. The van der Waals surface area contributed by atoms with Gasteiger partial charge in [-0.05, 0) is 25.1 Å². The van der Waals surface area contributed by atoms with E-state index in [1.165, 1.54) is 33.3 Å². The highest BCUT2D eigenvalue weighted by molar-refractivity contribution is 5.98. The first-order chi connectivity index (χ1) is 10.7. The highest BCUT2D eigenvalue weighted by Gasteiger charge is 2.35. The number of hydrogen-bond donors (Lipinski definition) is 2. The Morgan fingerprint density at radius 2 is 1.96 bits per heavy atom. The van der Waals surface area contributed by atoms with Crippen molar-refractivity contribution >= 4 is 11.9 Å². The standard InChI is InChI=1S/C14H17F2NO6/c1-14(7-21-2,12(19)20)17-11(18)8-4-5-9(22-3)10(6-8)23-13(15)16/h4-6,13H,7H2,1-3H3,(H,17,18)(H,19,20). The van der Waals surface area contributed by atoms with Gasteiger partial charge in [0.05, 0.1) is 13.7 Å². The van der Waals surface area contributed by atoms with Gasteiger partial charge in [-0.2, -0.15) is 8.78 Å². The van der Waals surface area contributed by atoms with E-state index in [1.807, 2.05) is 0 Å². The number of carbonyl (C=O) groups is 2. The molecular weight excluding hydrogens is 316 g/mol. The van der Waals surface area contributed by atoms with Gasteiger partial charge in [-0.15, -0.1) is 0 Å². The van der Waals surface area contributed by atoms with Gasteiger partial charge in [-0.3, -0.25) is 4.79 Å². The molecule has 0 heterocycles. The van der Waals surface area contributed by atoms with Crippen LogP contribution < -0.4 is 14.8 Å². The number of alkyl halides is 2. The summed E-state index contributed by atoms with van der Waals surface area (Å²) < 4.78 is 38.7. The fraction of sp³-hybridized carbons (Fsp3) is 0.429. The molecule has 0 aliphatic carbocycles. The number of amides is 1. The molecule has 0 aliphatic heterocycles. The summed E-state index contributed by atoms with van der Waals surface area (Å²) >= 11 is 0. The molecule has 1 amide bonds. The molecule has 0 aromatic heterocycles. The second kappa shape index (κ2) is 7.73. The van der Waals surface area contributed by atoms with Gasteiger partial charge in [0.25, 0.3) is 5.91 Å². The molecule has 0 bridgehead atoms. The second-order valence-electron chi connectivity index (χ2n) is 4.77. The van der Waals surface area contributed by atoms with Crippen LogP contribution >= 0.6 is 0 Å². The van der Waals surface area contributed by atoms with Crippen molar-refractivity contribution in [3.05, 3.63) is 23.8 Å². The molecule has 7 nitrogen and oxygen atoms in total. The Morgan fingerprint density at radius 1 is 1.30 bits per heavy atom. The number of methoxy groups -OCH3 is 2. The van der Waals surface area contributed by atoms with E-state index in [0.717, 1.165) is 6.07 Å². The SMILES string of the molecule is COCC(C)(NC(=O)c1ccc(OC)c(OC(F)F)c1)C(=O)O. The molecule has 9 heteroatoms. The van der Waals surface area contributed by atoms with Crippen molar-refractivity contribution in [2.24, 2.45) is 0 Å². The summed E-state index contributed by atoms with van der Waals surface area (Å²) in [5.74, 6) is -2.40. The lowest BCUT2D eigenvalue weighted by atomic mass is 10.0. The van der Waals surface area contributed by atoms with E-state index < -0.39 is 24.0 Å². The summed E-state index contributed by atoms with van der Waals surface area (Å²) in [6.07, 6.45) is 0. The Balaban J connectivity index is 3.05. The van der Waals surface area contributed by atoms with Crippen molar-refractivity contribution in [3.63, 3.8) is 0 Å². The molecule has 0 fully saturated rings. The number of halogens is 2. The lowest BCUT2D eigenvalue weighted by Crippen LogP contribution is -2.55. The van der Waals surface area contributed by atoms with Crippen LogP contribution in [-0.4, -0.2) is 50.0 Å². The average molecular weight is 333 g/mol. The fourth-order valence-corrected chi connectivity index (χ4v) is 1.77. The zero-order valence-electron chi connectivity index (χ0n) is 12.8. The van der Waals surface area contributed by atoms with Gasteiger partial charge < -0.3 is 24.6 Å². The van der Waals surface area contributed by atoms with Crippen LogP contribution in [0.25, 0.3) is 0 Å². The third kappa shape index (κ3) is 4.78. The van der Waals surface area contributed by atoms with E-state index in [9.17, 15) is 23.5 Å². The van der Waals surface area contributed by atoms with Crippen LogP contribution in [0.3, 0.4) is 0 Å². The van der Waals surface area contributed by atoms with Crippen LogP contribution in [0.1, 0.15) is 17.3 Å². The maximum atomic E-state index is 12.4. The third-order valence-corrected chi connectivity index (χ3v) is 2.94. The number of carbonyl (C=O) groups excluding carboxylic acids is 1. The van der Waals surface area contributed by atoms with Crippen molar-refractivity contribution in [2.45, 2.75) is 19.1 Å². The van der Waals surface area contributed by atoms with E-state index in [2.05, 4.69) is 10.1 Å². The largest absolute Gasteiger partial charge is 0.493 e. The molecule has 0 spiro atoms. The number of nitrogens with one attached hydrogen (secondary N) is 1. The molecule has 23 heavy (non-hydrogen) atoms. The summed E-state index contributed by atoms with van der Waals surface area (Å²) in [7, 11) is 2.54. The Labute approximate surface area is 131 Å². The smallest absolute Gasteiger partial charge is 0.387 e. The first kappa shape index (κ1) is 18.6. The highest BCUT2D eigenvalue weighted by atomic mass is 19.3. The van der Waals surface area contributed by atoms with Crippen LogP contribution in [0.15, 0.2) is 18.2 Å². The molecule has 0 saturated carbocycles. The Morgan fingerprint density at radius 3 is 2.43 bits per heavy atom. The third-order valence-electron chi connectivity index (χ3n) is 2.94. The molecule has 0 aliphatic rings. The predicted molar refractivity (Wildman–Crippen MR) is 75.0 cm³/mol. The lowest BCUT2D eigenvalue weighted by Gasteiger charge is -2.25. The quantitative estimate of drug-likeness (QED) is 0.749. The number of hydrogen-bond acceptors (Lipinski definition) is 5. The van der Waals surface area contributed by atoms with Crippen LogP contribution in [-0.2, 0) is 9.53 Å². The van der Waals surface area contributed by atoms with Crippen molar-refractivity contribution in [1.82, 2.24) is 5.32 Å². The van der Waals surface area contributed by atoms with Gasteiger partial charge in [0.1, 0.15) is 0 Å². The van der Waals surface area contributed by atoms with Gasteiger partial charge in [-0.1, -0.05) is 0 Å². The van der Waals surface area contributed by atoms with E-state index in [-0.39, 0.29) is 23.7 Å². The maximum absolute atomic E-state index is 12.4. The summed E-state index contributed by atoms with van der Waals surface area (Å²) in [6, 6.07) is 3.60. The summed E-state index contributed by atoms with van der Waals surface area (Å²) in [6.45, 7) is -2.11. The number of aliphatic carboxylic acids is 1. The molecular formula is C14H17F2NO6. The molecule has 1 unspecified atom stereocenters. The van der Waals surface area contributed by atoms with E-state index >= 15 is 0 Å².